The quantitative estimate of drug-likeness (QED) is 0.617. The predicted molar refractivity (Wildman–Crippen MR) is 108 cm³/mol. The normalized spacial score (nSPS) is 11.1. The minimum Gasteiger partial charge on any atom is -0.462 e. The highest BCUT2D eigenvalue weighted by atomic mass is 35.5. The zero-order valence-corrected chi connectivity index (χ0v) is 17.1. The van der Waals surface area contributed by atoms with Gasteiger partial charge in [-0.15, -0.1) is 12.4 Å². The lowest BCUT2D eigenvalue weighted by Crippen LogP contribution is -2.37. The standard InChI is InChI=1S/C19H23FN2O4S.ClH/c1-2-26-19(23)16-12-17(20)14-18(13-16)27(24,25)22(11-9-21)10-8-15-6-4-3-5-7-15;/h3-7,12-14H,2,8-11,21H2,1H3;1H. The molecule has 0 aliphatic carbocycles. The summed E-state index contributed by atoms with van der Waals surface area (Å²) < 4.78 is 45.9. The maximum absolute atomic E-state index is 13.9. The number of nitrogens with two attached hydrogens (primary N) is 1. The number of sulfonamides is 1. The molecule has 2 aromatic rings. The van der Waals surface area contributed by atoms with Crippen LogP contribution in [0.4, 0.5) is 4.39 Å². The van der Waals surface area contributed by atoms with Gasteiger partial charge in [0, 0.05) is 19.6 Å². The van der Waals surface area contributed by atoms with Crippen LogP contribution in [0.3, 0.4) is 0 Å². The first-order valence-electron chi connectivity index (χ1n) is 8.60. The molecule has 0 fully saturated rings. The number of esters is 1. The Kier molecular flexibility index (Phi) is 9.54. The fourth-order valence-corrected chi connectivity index (χ4v) is 4.10. The molecule has 0 aliphatic heterocycles. The number of carbonyl (C=O) groups is 1. The Bertz CT molecular complexity index is 879. The van der Waals surface area contributed by atoms with Crippen LogP contribution in [0.15, 0.2) is 53.4 Å². The van der Waals surface area contributed by atoms with Crippen LogP contribution in [-0.4, -0.2) is 44.9 Å². The van der Waals surface area contributed by atoms with Crippen LogP contribution in [-0.2, 0) is 21.2 Å². The summed E-state index contributed by atoms with van der Waals surface area (Å²) in [5.41, 5.74) is 6.39. The van der Waals surface area contributed by atoms with Crippen LogP contribution in [0.25, 0.3) is 0 Å². The van der Waals surface area contributed by atoms with E-state index in [1.54, 1.807) is 6.92 Å². The van der Waals surface area contributed by atoms with E-state index in [0.717, 1.165) is 23.8 Å². The summed E-state index contributed by atoms with van der Waals surface area (Å²) in [6, 6.07) is 12.4. The van der Waals surface area contributed by atoms with Gasteiger partial charge in [-0.25, -0.2) is 17.6 Å². The number of benzene rings is 2. The van der Waals surface area contributed by atoms with Crippen molar-refractivity contribution in [3.05, 3.63) is 65.5 Å². The average Bonchev–Trinajstić information content (AvgIpc) is 2.65. The van der Waals surface area contributed by atoms with Crippen LogP contribution in [0.5, 0.6) is 0 Å². The first kappa shape index (κ1) is 24.0. The highest BCUT2D eigenvalue weighted by Gasteiger charge is 2.26. The molecular formula is C19H24ClFN2O4S. The lowest BCUT2D eigenvalue weighted by atomic mass is 10.1. The largest absolute Gasteiger partial charge is 0.462 e. The summed E-state index contributed by atoms with van der Waals surface area (Å²) in [5.74, 6) is -1.60. The molecule has 0 spiro atoms. The number of hydrogen-bond donors (Lipinski definition) is 1. The molecule has 154 valence electrons. The molecule has 0 saturated carbocycles. The average molecular weight is 431 g/mol. The Morgan fingerprint density at radius 2 is 1.82 bits per heavy atom. The molecule has 9 heteroatoms. The van der Waals surface area contributed by atoms with E-state index < -0.39 is 21.8 Å². The van der Waals surface area contributed by atoms with Crippen molar-refractivity contribution in [2.75, 3.05) is 26.2 Å². The number of halogens is 2. The lowest BCUT2D eigenvalue weighted by Gasteiger charge is -2.22. The second kappa shape index (κ2) is 11.1. The van der Waals surface area contributed by atoms with Crippen molar-refractivity contribution in [2.45, 2.75) is 18.2 Å². The Morgan fingerprint density at radius 1 is 1.14 bits per heavy atom. The van der Waals surface area contributed by atoms with E-state index in [4.69, 9.17) is 10.5 Å². The summed E-state index contributed by atoms with van der Waals surface area (Å²) in [5, 5.41) is 0. The van der Waals surface area contributed by atoms with E-state index in [0.29, 0.717) is 6.42 Å². The molecule has 2 N–H and O–H groups in total. The summed E-state index contributed by atoms with van der Waals surface area (Å²) >= 11 is 0. The van der Waals surface area contributed by atoms with Gasteiger partial charge in [0.05, 0.1) is 17.1 Å². The Hall–Kier alpha value is -2.00. The third-order valence-corrected chi connectivity index (χ3v) is 5.77. The SMILES string of the molecule is CCOC(=O)c1cc(F)cc(S(=O)(=O)N(CCN)CCc2ccccc2)c1.Cl. The number of nitrogens with zero attached hydrogens (tertiary/aromatic N) is 1. The summed E-state index contributed by atoms with van der Waals surface area (Å²) in [6.45, 7) is 2.11. The topological polar surface area (TPSA) is 89.7 Å². The van der Waals surface area contributed by atoms with E-state index in [1.165, 1.54) is 4.31 Å². The van der Waals surface area contributed by atoms with Gasteiger partial charge in [0.1, 0.15) is 5.82 Å². The van der Waals surface area contributed by atoms with E-state index in [9.17, 15) is 17.6 Å². The van der Waals surface area contributed by atoms with Crippen LogP contribution < -0.4 is 5.73 Å². The van der Waals surface area contributed by atoms with Gasteiger partial charge in [0.15, 0.2) is 0 Å². The van der Waals surface area contributed by atoms with Gasteiger partial charge in [0.2, 0.25) is 10.0 Å². The molecule has 28 heavy (non-hydrogen) atoms. The lowest BCUT2D eigenvalue weighted by molar-refractivity contribution is 0.0525. The van der Waals surface area contributed by atoms with Crippen molar-refractivity contribution in [1.29, 1.82) is 0 Å². The zero-order chi connectivity index (χ0) is 19.9. The summed E-state index contributed by atoms with van der Waals surface area (Å²) in [7, 11) is -4.02. The van der Waals surface area contributed by atoms with Crippen LogP contribution >= 0.6 is 12.4 Å². The third-order valence-electron chi connectivity index (χ3n) is 3.89. The number of rotatable bonds is 9. The molecule has 0 saturated heterocycles. The van der Waals surface area contributed by atoms with Gasteiger partial charge in [-0.05, 0) is 37.1 Å². The van der Waals surface area contributed by atoms with Gasteiger partial charge >= 0.3 is 5.97 Å². The van der Waals surface area contributed by atoms with Gasteiger partial charge < -0.3 is 10.5 Å². The van der Waals surface area contributed by atoms with Crippen LogP contribution in [0, 0.1) is 5.82 Å². The Labute approximate surface area is 170 Å². The molecule has 0 amide bonds. The van der Waals surface area contributed by atoms with Crippen molar-refractivity contribution in [3.8, 4) is 0 Å². The number of hydrogen-bond acceptors (Lipinski definition) is 5. The second-order valence-corrected chi connectivity index (χ2v) is 7.76. The predicted octanol–water partition coefficient (Wildman–Crippen LogP) is 2.62. The maximum atomic E-state index is 13.9. The van der Waals surface area contributed by atoms with E-state index >= 15 is 0 Å². The molecule has 0 heterocycles. The molecule has 2 rings (SSSR count). The van der Waals surface area contributed by atoms with Crippen molar-refractivity contribution in [3.63, 3.8) is 0 Å². The highest BCUT2D eigenvalue weighted by molar-refractivity contribution is 7.89. The molecule has 0 bridgehead atoms. The molecule has 6 nitrogen and oxygen atoms in total. The fraction of sp³-hybridized carbons (Fsp3) is 0.316. The van der Waals surface area contributed by atoms with Gasteiger partial charge in [-0.1, -0.05) is 30.3 Å². The van der Waals surface area contributed by atoms with E-state index in [2.05, 4.69) is 0 Å². The monoisotopic (exact) mass is 430 g/mol. The van der Waals surface area contributed by atoms with Gasteiger partial charge in [-0.2, -0.15) is 4.31 Å². The smallest absolute Gasteiger partial charge is 0.338 e. The molecule has 0 unspecified atom stereocenters. The minimum absolute atomic E-state index is 0. The zero-order valence-electron chi connectivity index (χ0n) is 15.5. The van der Waals surface area contributed by atoms with Crippen molar-refractivity contribution in [2.24, 2.45) is 5.73 Å². The summed E-state index contributed by atoms with van der Waals surface area (Å²) in [4.78, 5) is 11.6. The third kappa shape index (κ3) is 6.27. The van der Waals surface area contributed by atoms with Gasteiger partial charge in [-0.3, -0.25) is 0 Å². The first-order chi connectivity index (χ1) is 12.9. The summed E-state index contributed by atoms with van der Waals surface area (Å²) in [6.07, 6.45) is 0.486. The molecule has 0 aliphatic rings. The second-order valence-electron chi connectivity index (χ2n) is 5.82. The highest BCUT2D eigenvalue weighted by Crippen LogP contribution is 2.20. The molecular weight excluding hydrogens is 407 g/mol. The minimum atomic E-state index is -4.02. The fourth-order valence-electron chi connectivity index (χ4n) is 2.59. The molecule has 0 atom stereocenters. The molecule has 2 aromatic carbocycles. The van der Waals surface area contributed by atoms with Crippen LogP contribution in [0.1, 0.15) is 22.8 Å². The molecule has 0 radical (unpaired) electrons. The van der Waals surface area contributed by atoms with Gasteiger partial charge in [0.25, 0.3) is 0 Å². The number of ether oxygens (including phenoxy) is 1. The Morgan fingerprint density at radius 3 is 2.43 bits per heavy atom. The van der Waals surface area contributed by atoms with Crippen molar-refractivity contribution >= 4 is 28.4 Å². The van der Waals surface area contributed by atoms with Crippen molar-refractivity contribution < 1.29 is 22.3 Å². The van der Waals surface area contributed by atoms with E-state index in [-0.39, 0.29) is 49.1 Å². The Balaban J connectivity index is 0.00000392. The van der Waals surface area contributed by atoms with Crippen molar-refractivity contribution in [1.82, 2.24) is 4.31 Å². The molecule has 0 aromatic heterocycles. The van der Waals surface area contributed by atoms with Crippen LogP contribution in [0.2, 0.25) is 0 Å². The number of carbonyl (C=O) groups excluding carboxylic acids is 1. The first-order valence-corrected chi connectivity index (χ1v) is 10.0. The van der Waals surface area contributed by atoms with E-state index in [1.807, 2.05) is 30.3 Å². The maximum Gasteiger partial charge on any atom is 0.338 e.